The molecule has 122 valence electrons. The molecule has 0 N–H and O–H groups in total. The van der Waals surface area contributed by atoms with Gasteiger partial charge >= 0.3 is 0 Å². The average Bonchev–Trinajstić information content (AvgIpc) is 3.30. The Labute approximate surface area is 143 Å². The van der Waals surface area contributed by atoms with E-state index in [2.05, 4.69) is 27.0 Å². The van der Waals surface area contributed by atoms with Crippen LogP contribution >= 0.6 is 11.3 Å². The van der Waals surface area contributed by atoms with Crippen LogP contribution in [-0.4, -0.2) is 37.6 Å². The SMILES string of the molecule is O=C([C@@H](Cc1ccccc1)n1cnnn1)N1CCc2sccc2C1. The summed E-state index contributed by atoms with van der Waals surface area (Å²) < 4.78 is 1.57. The van der Waals surface area contributed by atoms with Crippen molar-refractivity contribution in [2.75, 3.05) is 6.54 Å². The molecule has 4 rings (SSSR count). The molecule has 0 aliphatic carbocycles. The van der Waals surface area contributed by atoms with E-state index in [1.54, 1.807) is 16.0 Å². The number of rotatable bonds is 4. The van der Waals surface area contributed by atoms with E-state index in [-0.39, 0.29) is 5.91 Å². The number of nitrogens with zero attached hydrogens (tertiary/aromatic N) is 5. The predicted octanol–water partition coefficient (Wildman–Crippen LogP) is 2.10. The van der Waals surface area contributed by atoms with E-state index in [1.165, 1.54) is 16.8 Å². The van der Waals surface area contributed by atoms with Gasteiger partial charge in [-0.1, -0.05) is 30.3 Å². The number of hydrogen-bond donors (Lipinski definition) is 0. The molecule has 7 heteroatoms. The van der Waals surface area contributed by atoms with Gasteiger partial charge in [0, 0.05) is 24.4 Å². The van der Waals surface area contributed by atoms with Crippen molar-refractivity contribution in [2.45, 2.75) is 25.4 Å². The van der Waals surface area contributed by atoms with Gasteiger partial charge in [-0.15, -0.1) is 16.4 Å². The predicted molar refractivity (Wildman–Crippen MR) is 90.4 cm³/mol. The summed E-state index contributed by atoms with van der Waals surface area (Å²) in [7, 11) is 0. The van der Waals surface area contributed by atoms with Crippen LogP contribution in [0.4, 0.5) is 0 Å². The van der Waals surface area contributed by atoms with Gasteiger partial charge in [-0.3, -0.25) is 4.79 Å². The third-order valence-corrected chi connectivity index (χ3v) is 5.38. The molecule has 0 saturated heterocycles. The number of carbonyl (C=O) groups is 1. The molecular weight excluding hydrogens is 322 g/mol. The van der Waals surface area contributed by atoms with Crippen LogP contribution < -0.4 is 0 Å². The first-order valence-corrected chi connectivity index (χ1v) is 8.79. The van der Waals surface area contributed by atoms with Crippen LogP contribution in [-0.2, 0) is 24.2 Å². The van der Waals surface area contributed by atoms with Gasteiger partial charge in [0.25, 0.3) is 0 Å². The first-order valence-electron chi connectivity index (χ1n) is 7.91. The molecule has 1 aliphatic rings. The van der Waals surface area contributed by atoms with E-state index in [9.17, 15) is 4.79 Å². The van der Waals surface area contributed by atoms with Crippen molar-refractivity contribution in [2.24, 2.45) is 0 Å². The molecule has 0 saturated carbocycles. The highest BCUT2D eigenvalue weighted by molar-refractivity contribution is 7.10. The zero-order valence-corrected chi connectivity index (χ0v) is 13.9. The maximum absolute atomic E-state index is 13.1. The zero-order valence-electron chi connectivity index (χ0n) is 13.1. The molecule has 24 heavy (non-hydrogen) atoms. The van der Waals surface area contributed by atoms with Crippen LogP contribution in [0.3, 0.4) is 0 Å². The summed E-state index contributed by atoms with van der Waals surface area (Å²) in [6.07, 6.45) is 3.02. The second-order valence-corrected chi connectivity index (χ2v) is 6.87. The summed E-state index contributed by atoms with van der Waals surface area (Å²) in [5, 5.41) is 13.5. The fourth-order valence-electron chi connectivity index (χ4n) is 3.09. The number of thiophene rings is 1. The number of benzene rings is 1. The molecule has 0 bridgehead atoms. The lowest BCUT2D eigenvalue weighted by atomic mass is 10.0. The van der Waals surface area contributed by atoms with E-state index < -0.39 is 6.04 Å². The highest BCUT2D eigenvalue weighted by Crippen LogP contribution is 2.26. The van der Waals surface area contributed by atoms with Crippen molar-refractivity contribution in [3.63, 3.8) is 0 Å². The lowest BCUT2D eigenvalue weighted by molar-refractivity contribution is -0.136. The number of carbonyl (C=O) groups excluding carboxylic acids is 1. The van der Waals surface area contributed by atoms with Crippen LogP contribution in [0.5, 0.6) is 0 Å². The number of hydrogen-bond acceptors (Lipinski definition) is 5. The molecular formula is C17H17N5OS. The molecule has 1 aromatic carbocycles. The maximum atomic E-state index is 13.1. The fraction of sp³-hybridized carbons (Fsp3) is 0.294. The first-order chi connectivity index (χ1) is 11.8. The van der Waals surface area contributed by atoms with Crippen molar-refractivity contribution < 1.29 is 4.79 Å². The minimum absolute atomic E-state index is 0.0722. The van der Waals surface area contributed by atoms with Gasteiger partial charge in [0.2, 0.25) is 5.91 Å². The Bertz CT molecular complexity index is 815. The summed E-state index contributed by atoms with van der Waals surface area (Å²) >= 11 is 1.77. The van der Waals surface area contributed by atoms with Crippen molar-refractivity contribution in [1.29, 1.82) is 0 Å². The van der Waals surface area contributed by atoms with Gasteiger partial charge in [-0.25, -0.2) is 4.68 Å². The highest BCUT2D eigenvalue weighted by atomic mass is 32.1. The molecule has 1 aliphatic heterocycles. The van der Waals surface area contributed by atoms with Gasteiger partial charge in [0.15, 0.2) is 0 Å². The van der Waals surface area contributed by atoms with Crippen molar-refractivity contribution >= 4 is 17.2 Å². The Hall–Kier alpha value is -2.54. The molecule has 0 fully saturated rings. The van der Waals surface area contributed by atoms with Crippen LogP contribution in [0.1, 0.15) is 22.0 Å². The van der Waals surface area contributed by atoms with E-state index >= 15 is 0 Å². The van der Waals surface area contributed by atoms with Crippen molar-refractivity contribution in [1.82, 2.24) is 25.1 Å². The maximum Gasteiger partial charge on any atom is 0.248 e. The molecule has 1 amide bonds. The molecule has 1 atom stereocenters. The van der Waals surface area contributed by atoms with E-state index in [0.29, 0.717) is 13.0 Å². The van der Waals surface area contributed by atoms with Crippen molar-refractivity contribution in [3.8, 4) is 0 Å². The minimum Gasteiger partial charge on any atom is -0.336 e. The summed E-state index contributed by atoms with van der Waals surface area (Å²) in [6.45, 7) is 1.42. The summed E-state index contributed by atoms with van der Waals surface area (Å²) in [4.78, 5) is 16.5. The Balaban J connectivity index is 1.58. The number of tetrazole rings is 1. The fourth-order valence-corrected chi connectivity index (χ4v) is 3.98. The summed E-state index contributed by atoms with van der Waals surface area (Å²) in [5.74, 6) is 0.0722. The number of amides is 1. The molecule has 0 unspecified atom stereocenters. The van der Waals surface area contributed by atoms with Gasteiger partial charge in [0.1, 0.15) is 12.4 Å². The number of aromatic nitrogens is 4. The van der Waals surface area contributed by atoms with E-state index in [4.69, 9.17) is 0 Å². The lowest BCUT2D eigenvalue weighted by Crippen LogP contribution is -2.41. The topological polar surface area (TPSA) is 63.9 Å². The summed E-state index contributed by atoms with van der Waals surface area (Å²) in [5.41, 5.74) is 2.36. The Morgan fingerprint density at radius 3 is 2.92 bits per heavy atom. The third kappa shape index (κ3) is 2.94. The lowest BCUT2D eigenvalue weighted by Gasteiger charge is -2.30. The molecule has 0 spiro atoms. The Morgan fingerprint density at radius 1 is 1.25 bits per heavy atom. The Morgan fingerprint density at radius 2 is 2.12 bits per heavy atom. The molecule has 0 radical (unpaired) electrons. The smallest absolute Gasteiger partial charge is 0.248 e. The van der Waals surface area contributed by atoms with Crippen LogP contribution in [0, 0.1) is 0 Å². The van der Waals surface area contributed by atoms with Crippen LogP contribution in [0.25, 0.3) is 0 Å². The molecule has 3 aromatic rings. The molecule has 2 aromatic heterocycles. The third-order valence-electron chi connectivity index (χ3n) is 4.36. The average molecular weight is 339 g/mol. The standard InChI is InChI=1S/C17H17N5OS/c23-17(21-8-6-16-14(11-21)7-9-24-16)15(22-12-18-19-20-22)10-13-4-2-1-3-5-13/h1-5,7,9,12,15H,6,8,10-11H2/t15-/m1/s1. The molecule has 3 heterocycles. The first kappa shape index (κ1) is 15.0. The summed E-state index contributed by atoms with van der Waals surface area (Å²) in [6, 6.07) is 11.7. The van der Waals surface area contributed by atoms with Gasteiger partial charge in [-0.05, 0) is 39.4 Å². The normalized spacial score (nSPS) is 15.1. The largest absolute Gasteiger partial charge is 0.336 e. The van der Waals surface area contributed by atoms with Gasteiger partial charge in [0.05, 0.1) is 0 Å². The van der Waals surface area contributed by atoms with Crippen molar-refractivity contribution in [3.05, 3.63) is 64.1 Å². The Kier molecular flexibility index (Phi) is 4.08. The monoisotopic (exact) mass is 339 g/mol. The number of fused-ring (bicyclic) bond motifs is 1. The second-order valence-electron chi connectivity index (χ2n) is 5.87. The second kappa shape index (κ2) is 6.52. The van der Waals surface area contributed by atoms with Gasteiger partial charge in [-0.2, -0.15) is 0 Å². The van der Waals surface area contributed by atoms with Crippen LogP contribution in [0.2, 0.25) is 0 Å². The van der Waals surface area contributed by atoms with E-state index in [1.807, 2.05) is 35.2 Å². The van der Waals surface area contributed by atoms with Gasteiger partial charge < -0.3 is 4.90 Å². The zero-order chi connectivity index (χ0) is 16.4. The minimum atomic E-state index is -0.414. The van der Waals surface area contributed by atoms with E-state index in [0.717, 1.165) is 18.5 Å². The molecule has 6 nitrogen and oxygen atoms in total. The van der Waals surface area contributed by atoms with Crippen LogP contribution in [0.15, 0.2) is 48.1 Å². The quantitative estimate of drug-likeness (QED) is 0.730. The highest BCUT2D eigenvalue weighted by Gasteiger charge is 2.30.